The van der Waals surface area contributed by atoms with Gasteiger partial charge in [0.15, 0.2) is 0 Å². The van der Waals surface area contributed by atoms with Gasteiger partial charge in [-0.1, -0.05) is 0 Å². The number of halogens is 2. The van der Waals surface area contributed by atoms with E-state index in [1.54, 1.807) is 19.9 Å². The van der Waals surface area contributed by atoms with Gasteiger partial charge in [-0.15, -0.1) is 8.17 Å². The van der Waals surface area contributed by atoms with Gasteiger partial charge in [-0.25, -0.2) is 28.8 Å². The van der Waals surface area contributed by atoms with Gasteiger partial charge in [-0.3, -0.25) is 19.9 Å². The van der Waals surface area contributed by atoms with Crippen LogP contribution < -0.4 is 34.1 Å². The minimum Gasteiger partial charge on any atom is -0.259 e. The van der Waals surface area contributed by atoms with E-state index in [1.165, 1.54) is 0 Å². The first kappa shape index (κ1) is 19.4. The maximum Gasteiger partial charge on any atom is 0.366 e. The number of hydrogen-bond acceptors (Lipinski definition) is 6. The summed E-state index contributed by atoms with van der Waals surface area (Å²) in [4.78, 5) is 69.3. The summed E-state index contributed by atoms with van der Waals surface area (Å²) in [5.41, 5.74) is -5.53. The molecule has 0 aliphatic carbocycles. The van der Waals surface area contributed by atoms with Gasteiger partial charge in [0.05, 0.1) is 0 Å². The van der Waals surface area contributed by atoms with Crippen LogP contribution in [0.25, 0.3) is 0 Å². The van der Waals surface area contributed by atoms with Crippen LogP contribution in [0.2, 0.25) is 0 Å². The Hall–Kier alpha value is -1.60. The van der Waals surface area contributed by atoms with E-state index in [1.807, 2.05) is 0 Å². The Labute approximate surface area is 143 Å². The number of aromatic amines is 4. The molecule has 2 aromatic rings. The fraction of sp³-hybridized carbons (Fsp3) is 0. The van der Waals surface area contributed by atoms with Gasteiger partial charge >= 0.3 is 34.1 Å². The summed E-state index contributed by atoms with van der Waals surface area (Å²) in [6.07, 6.45) is 0. The zero-order chi connectivity index (χ0) is 15.4. The molecular formula is C6H4Cl2N6NaO6. The standard InChI is InChI=1S/C3HCl2N3O3.C3H3N3O3.Na/c4-7-1(9)6-2(10)8(5)3(7)11;7-1-4-2(8)6-3(9)5-1;/h(H,6,9,10);(H3,4,5,6,7,8,9);. The Balaban J connectivity index is 0.000000370. The number of rotatable bonds is 0. The number of nitrogens with zero attached hydrogens (tertiary/aromatic N) is 2. The number of nitrogens with one attached hydrogen (secondary N) is 4. The molecule has 0 saturated heterocycles. The SMILES string of the molecule is O=c1[nH]c(=O)[nH]c(=O)[nH]1.O=c1[nH]c(=O)n(Cl)c(=O)n1Cl.[Na]. The molecule has 0 fully saturated rings. The Morgan fingerprint density at radius 1 is 0.619 bits per heavy atom. The molecule has 2 rings (SSSR count). The first-order chi connectivity index (χ1) is 9.22. The zero-order valence-corrected chi connectivity index (χ0v) is 13.6. The van der Waals surface area contributed by atoms with E-state index in [4.69, 9.17) is 23.6 Å². The molecule has 2 aromatic heterocycles. The normalized spacial score (nSPS) is 9.24. The van der Waals surface area contributed by atoms with E-state index in [0.717, 1.165) is 0 Å². The minimum atomic E-state index is -1.10. The van der Waals surface area contributed by atoms with Crippen LogP contribution in [0.4, 0.5) is 0 Å². The summed E-state index contributed by atoms with van der Waals surface area (Å²) in [5, 5.41) is 0. The molecular weight excluding hydrogens is 346 g/mol. The van der Waals surface area contributed by atoms with Crippen LogP contribution in [0, 0.1) is 0 Å². The van der Waals surface area contributed by atoms with Crippen molar-refractivity contribution >= 4 is 53.1 Å². The van der Waals surface area contributed by atoms with Crippen molar-refractivity contribution in [1.82, 2.24) is 28.1 Å². The first-order valence-electron chi connectivity index (χ1n) is 4.46. The monoisotopic (exact) mass is 349 g/mol. The predicted molar refractivity (Wildman–Crippen MR) is 72.1 cm³/mol. The molecule has 2 heterocycles. The Kier molecular flexibility index (Phi) is 7.38. The van der Waals surface area contributed by atoms with Crippen molar-refractivity contribution < 1.29 is 0 Å². The van der Waals surface area contributed by atoms with E-state index in [9.17, 15) is 28.8 Å². The molecule has 0 aliphatic rings. The second-order valence-corrected chi connectivity index (χ2v) is 3.62. The number of hydrogen-bond donors (Lipinski definition) is 4. The van der Waals surface area contributed by atoms with Gasteiger partial charge in [-0.2, -0.15) is 0 Å². The maximum absolute atomic E-state index is 10.7. The van der Waals surface area contributed by atoms with Crippen molar-refractivity contribution in [2.24, 2.45) is 0 Å². The van der Waals surface area contributed by atoms with Crippen molar-refractivity contribution in [2.75, 3.05) is 0 Å². The van der Waals surface area contributed by atoms with E-state index >= 15 is 0 Å². The third kappa shape index (κ3) is 5.35. The molecule has 15 heteroatoms. The van der Waals surface area contributed by atoms with E-state index in [0.29, 0.717) is 0 Å². The van der Waals surface area contributed by atoms with Crippen LogP contribution in [0.5, 0.6) is 0 Å². The van der Waals surface area contributed by atoms with Gasteiger partial charge < -0.3 is 0 Å². The number of aromatic nitrogens is 6. The third-order valence-corrected chi connectivity index (χ3v) is 2.18. The molecule has 0 bridgehead atoms. The van der Waals surface area contributed by atoms with Crippen molar-refractivity contribution in [3.05, 3.63) is 62.9 Å². The molecule has 109 valence electrons. The second kappa shape index (κ2) is 7.99. The fourth-order valence-electron chi connectivity index (χ4n) is 0.844. The first-order valence-corrected chi connectivity index (χ1v) is 5.13. The third-order valence-electron chi connectivity index (χ3n) is 1.59. The smallest absolute Gasteiger partial charge is 0.259 e. The number of H-pyrrole nitrogens is 4. The summed E-state index contributed by atoms with van der Waals surface area (Å²) in [5.74, 6) is 0. The van der Waals surface area contributed by atoms with Crippen LogP contribution in [0.3, 0.4) is 0 Å². The largest absolute Gasteiger partial charge is 0.366 e. The van der Waals surface area contributed by atoms with Crippen LogP contribution in [-0.2, 0) is 0 Å². The minimum absolute atomic E-state index is 0. The molecule has 0 aromatic carbocycles. The molecule has 0 spiro atoms. The fourth-order valence-corrected chi connectivity index (χ4v) is 1.12. The van der Waals surface area contributed by atoms with E-state index < -0.39 is 34.1 Å². The second-order valence-electron chi connectivity index (χ2n) is 2.94. The van der Waals surface area contributed by atoms with Gasteiger partial charge in [-0.05, 0) is 0 Å². The van der Waals surface area contributed by atoms with Crippen LogP contribution in [0.15, 0.2) is 28.8 Å². The van der Waals surface area contributed by atoms with Crippen molar-refractivity contribution in [3.63, 3.8) is 0 Å². The molecule has 0 aliphatic heterocycles. The van der Waals surface area contributed by atoms with Gasteiger partial charge in [0.1, 0.15) is 0 Å². The van der Waals surface area contributed by atoms with Gasteiger partial charge in [0.25, 0.3) is 0 Å². The Morgan fingerprint density at radius 3 is 1.19 bits per heavy atom. The average molecular weight is 350 g/mol. The topological polar surface area (TPSA) is 175 Å². The zero-order valence-electron chi connectivity index (χ0n) is 10.1. The molecule has 12 nitrogen and oxygen atoms in total. The average Bonchev–Trinajstić information content (AvgIpc) is 2.33. The molecule has 0 unspecified atom stereocenters. The molecule has 21 heavy (non-hydrogen) atoms. The molecule has 4 N–H and O–H groups in total. The quantitative estimate of drug-likeness (QED) is 0.353. The maximum atomic E-state index is 10.7. The van der Waals surface area contributed by atoms with E-state index in [-0.39, 0.29) is 37.7 Å². The van der Waals surface area contributed by atoms with Crippen molar-refractivity contribution in [3.8, 4) is 0 Å². The van der Waals surface area contributed by atoms with E-state index in [2.05, 4.69) is 0 Å². The summed E-state index contributed by atoms with van der Waals surface area (Å²) in [7, 11) is 0. The molecule has 0 saturated carbocycles. The molecule has 1 radical (unpaired) electrons. The Bertz CT molecular complexity index is 846. The van der Waals surface area contributed by atoms with Gasteiger partial charge in [0.2, 0.25) is 0 Å². The molecule has 0 amide bonds. The van der Waals surface area contributed by atoms with Gasteiger partial charge in [0, 0.05) is 53.1 Å². The Morgan fingerprint density at radius 2 is 0.905 bits per heavy atom. The summed E-state index contributed by atoms with van der Waals surface area (Å²) in [6.45, 7) is 0. The van der Waals surface area contributed by atoms with Crippen molar-refractivity contribution in [2.45, 2.75) is 0 Å². The molecule has 0 atom stereocenters. The predicted octanol–water partition coefficient (Wildman–Crippen LogP) is -3.93. The van der Waals surface area contributed by atoms with Crippen LogP contribution in [0.1, 0.15) is 0 Å². The summed E-state index contributed by atoms with van der Waals surface area (Å²) < 4.78 is 0.322. The van der Waals surface area contributed by atoms with Crippen LogP contribution in [-0.4, -0.2) is 57.7 Å². The van der Waals surface area contributed by atoms with Crippen molar-refractivity contribution in [1.29, 1.82) is 0 Å². The summed E-state index contributed by atoms with van der Waals surface area (Å²) in [6, 6.07) is 0. The summed E-state index contributed by atoms with van der Waals surface area (Å²) >= 11 is 10.1. The van der Waals surface area contributed by atoms with Crippen LogP contribution >= 0.6 is 23.6 Å².